The van der Waals surface area contributed by atoms with Gasteiger partial charge in [-0.15, -0.1) is 0 Å². The Bertz CT molecular complexity index is 845. The summed E-state index contributed by atoms with van der Waals surface area (Å²) in [6.45, 7) is 1.26. The van der Waals surface area contributed by atoms with Gasteiger partial charge in [0, 0.05) is 19.3 Å². The molecule has 0 aliphatic heterocycles. The number of nitrogens with one attached hydrogen (secondary N) is 1. The second-order valence-corrected chi connectivity index (χ2v) is 5.67. The molecule has 0 bridgehead atoms. The lowest BCUT2D eigenvalue weighted by Gasteiger charge is -2.11. The van der Waals surface area contributed by atoms with Crippen molar-refractivity contribution < 1.29 is 13.2 Å². The van der Waals surface area contributed by atoms with E-state index >= 15 is 0 Å². The average Bonchev–Trinajstić information content (AvgIpc) is 2.95. The molecule has 4 nitrogen and oxygen atoms in total. The molecular formula is C16H14ClF3N4. The largest absolute Gasteiger partial charge is 0.417 e. The molecule has 3 aromatic rings. The highest BCUT2D eigenvalue weighted by Gasteiger charge is 2.31. The van der Waals surface area contributed by atoms with Gasteiger partial charge in [-0.05, 0) is 24.6 Å². The third-order valence-electron chi connectivity index (χ3n) is 3.56. The van der Waals surface area contributed by atoms with Crippen molar-refractivity contribution in [3.63, 3.8) is 0 Å². The number of aromatic nitrogens is 3. The fraction of sp³-hybridized carbons (Fsp3) is 0.250. The van der Waals surface area contributed by atoms with Gasteiger partial charge in [-0.2, -0.15) is 13.2 Å². The van der Waals surface area contributed by atoms with Crippen LogP contribution in [-0.4, -0.2) is 21.1 Å². The number of nitrogens with zero attached hydrogens (tertiary/aromatic N) is 3. The van der Waals surface area contributed by atoms with Gasteiger partial charge >= 0.3 is 6.18 Å². The van der Waals surface area contributed by atoms with Gasteiger partial charge in [0.05, 0.1) is 27.9 Å². The van der Waals surface area contributed by atoms with Crippen LogP contribution in [0.2, 0.25) is 5.02 Å². The van der Waals surface area contributed by atoms with Crippen LogP contribution >= 0.6 is 11.6 Å². The summed E-state index contributed by atoms with van der Waals surface area (Å²) in [6.07, 6.45) is -1.15. The topological polar surface area (TPSA) is 42.7 Å². The first-order chi connectivity index (χ1) is 11.4. The molecule has 1 N–H and O–H groups in total. The molecule has 0 amide bonds. The maximum atomic E-state index is 12.6. The van der Waals surface area contributed by atoms with Crippen molar-refractivity contribution in [2.75, 3.05) is 11.9 Å². The van der Waals surface area contributed by atoms with Crippen molar-refractivity contribution in [1.29, 1.82) is 0 Å². The monoisotopic (exact) mass is 354 g/mol. The van der Waals surface area contributed by atoms with E-state index in [0.29, 0.717) is 6.54 Å². The Labute approximate surface area is 141 Å². The molecule has 24 heavy (non-hydrogen) atoms. The quantitative estimate of drug-likeness (QED) is 0.681. The molecule has 0 aliphatic rings. The van der Waals surface area contributed by atoms with Crippen LogP contribution in [0.3, 0.4) is 0 Å². The van der Waals surface area contributed by atoms with Crippen LogP contribution in [0.25, 0.3) is 11.0 Å². The SMILES string of the molecule is FC(F)(F)c1cnc(NCCCn2cnc3ccccc32)c(Cl)c1. The minimum absolute atomic E-state index is 0.0436. The molecule has 0 saturated carbocycles. The van der Waals surface area contributed by atoms with E-state index in [1.54, 1.807) is 6.33 Å². The highest BCUT2D eigenvalue weighted by molar-refractivity contribution is 6.32. The predicted molar refractivity (Wildman–Crippen MR) is 87.1 cm³/mol. The molecule has 0 spiro atoms. The van der Waals surface area contributed by atoms with E-state index < -0.39 is 11.7 Å². The van der Waals surface area contributed by atoms with Gasteiger partial charge in [0.2, 0.25) is 0 Å². The molecule has 0 saturated heterocycles. The van der Waals surface area contributed by atoms with E-state index in [1.807, 2.05) is 28.8 Å². The number of hydrogen-bond acceptors (Lipinski definition) is 3. The van der Waals surface area contributed by atoms with Gasteiger partial charge in [0.25, 0.3) is 0 Å². The summed E-state index contributed by atoms with van der Waals surface area (Å²) in [5.41, 5.74) is 1.11. The van der Waals surface area contributed by atoms with Crippen LogP contribution in [0, 0.1) is 0 Å². The normalized spacial score (nSPS) is 11.8. The number of pyridine rings is 1. The highest BCUT2D eigenvalue weighted by atomic mass is 35.5. The Morgan fingerprint density at radius 1 is 1.17 bits per heavy atom. The summed E-state index contributed by atoms with van der Waals surface area (Å²) >= 11 is 5.85. The Hall–Kier alpha value is -2.28. The highest BCUT2D eigenvalue weighted by Crippen LogP contribution is 2.32. The summed E-state index contributed by atoms with van der Waals surface area (Å²) in [7, 11) is 0. The molecule has 0 atom stereocenters. The standard InChI is InChI=1S/C16H14ClF3N4/c17-12-8-11(16(18,19)20)9-22-15(12)21-6-3-7-24-10-23-13-4-1-2-5-14(13)24/h1-2,4-5,8-10H,3,6-7H2,(H,21,22). The molecule has 2 aromatic heterocycles. The number of rotatable bonds is 5. The zero-order chi connectivity index (χ0) is 17.2. The number of para-hydroxylation sites is 2. The Morgan fingerprint density at radius 3 is 2.71 bits per heavy atom. The first-order valence-electron chi connectivity index (χ1n) is 7.31. The molecule has 1 aromatic carbocycles. The van der Waals surface area contributed by atoms with Crippen molar-refractivity contribution >= 4 is 28.5 Å². The third-order valence-corrected chi connectivity index (χ3v) is 3.85. The van der Waals surface area contributed by atoms with Crippen LogP contribution in [0.5, 0.6) is 0 Å². The lowest BCUT2D eigenvalue weighted by atomic mass is 10.2. The predicted octanol–water partition coefficient (Wildman–Crippen LogP) is 4.61. The van der Waals surface area contributed by atoms with Crippen molar-refractivity contribution in [2.24, 2.45) is 0 Å². The van der Waals surface area contributed by atoms with Crippen LogP contribution in [-0.2, 0) is 12.7 Å². The van der Waals surface area contributed by atoms with Crippen molar-refractivity contribution in [1.82, 2.24) is 14.5 Å². The van der Waals surface area contributed by atoms with Crippen molar-refractivity contribution in [3.8, 4) is 0 Å². The number of imidazole rings is 1. The molecule has 126 valence electrons. The lowest BCUT2D eigenvalue weighted by molar-refractivity contribution is -0.137. The fourth-order valence-electron chi connectivity index (χ4n) is 2.37. The molecule has 8 heteroatoms. The number of halogens is 4. The minimum Gasteiger partial charge on any atom is -0.369 e. The summed E-state index contributed by atoms with van der Waals surface area (Å²) < 4.78 is 39.7. The molecule has 2 heterocycles. The van der Waals surface area contributed by atoms with E-state index in [2.05, 4.69) is 15.3 Å². The number of alkyl halides is 3. The Morgan fingerprint density at radius 2 is 1.96 bits per heavy atom. The second-order valence-electron chi connectivity index (χ2n) is 5.26. The van der Waals surface area contributed by atoms with E-state index in [0.717, 1.165) is 36.3 Å². The first kappa shape index (κ1) is 16.6. The van der Waals surface area contributed by atoms with Crippen LogP contribution in [0.1, 0.15) is 12.0 Å². The first-order valence-corrected chi connectivity index (χ1v) is 7.69. The number of anilines is 1. The zero-order valence-electron chi connectivity index (χ0n) is 12.5. The maximum Gasteiger partial charge on any atom is 0.417 e. The average molecular weight is 355 g/mol. The zero-order valence-corrected chi connectivity index (χ0v) is 13.3. The fourth-order valence-corrected chi connectivity index (χ4v) is 2.60. The smallest absolute Gasteiger partial charge is 0.369 e. The lowest BCUT2D eigenvalue weighted by Crippen LogP contribution is -2.10. The van der Waals surface area contributed by atoms with Crippen LogP contribution in [0.15, 0.2) is 42.9 Å². The summed E-state index contributed by atoms with van der Waals surface area (Å²) in [5, 5.41) is 2.91. The van der Waals surface area contributed by atoms with Crippen LogP contribution < -0.4 is 5.32 Å². The van der Waals surface area contributed by atoms with Crippen molar-refractivity contribution in [3.05, 3.63) is 53.4 Å². The molecular weight excluding hydrogens is 341 g/mol. The number of fused-ring (bicyclic) bond motifs is 1. The van der Waals surface area contributed by atoms with Crippen LogP contribution in [0.4, 0.5) is 19.0 Å². The van der Waals surface area contributed by atoms with Crippen molar-refractivity contribution in [2.45, 2.75) is 19.1 Å². The molecule has 0 unspecified atom stereocenters. The van der Waals surface area contributed by atoms with Gasteiger partial charge in [-0.25, -0.2) is 9.97 Å². The van der Waals surface area contributed by atoms with Gasteiger partial charge < -0.3 is 9.88 Å². The van der Waals surface area contributed by atoms with E-state index in [9.17, 15) is 13.2 Å². The molecule has 0 radical (unpaired) electrons. The second kappa shape index (κ2) is 6.68. The third kappa shape index (κ3) is 3.62. The molecule has 3 rings (SSSR count). The van der Waals surface area contributed by atoms with Gasteiger partial charge in [0.1, 0.15) is 5.82 Å². The summed E-state index contributed by atoms with van der Waals surface area (Å²) in [5.74, 6) is 0.250. The van der Waals surface area contributed by atoms with E-state index in [-0.39, 0.29) is 10.8 Å². The summed E-state index contributed by atoms with van der Waals surface area (Å²) in [6, 6.07) is 8.68. The van der Waals surface area contributed by atoms with Gasteiger partial charge in [-0.3, -0.25) is 0 Å². The van der Waals surface area contributed by atoms with Gasteiger partial charge in [-0.1, -0.05) is 23.7 Å². The maximum absolute atomic E-state index is 12.6. The number of aryl methyl sites for hydroxylation is 1. The Balaban J connectivity index is 1.57. The number of hydrogen-bond donors (Lipinski definition) is 1. The molecule has 0 aliphatic carbocycles. The van der Waals surface area contributed by atoms with Gasteiger partial charge in [0.15, 0.2) is 0 Å². The summed E-state index contributed by atoms with van der Waals surface area (Å²) in [4.78, 5) is 8.05. The number of benzene rings is 1. The van der Waals surface area contributed by atoms with E-state index in [1.165, 1.54) is 0 Å². The molecule has 0 fully saturated rings. The Kier molecular flexibility index (Phi) is 4.62. The minimum atomic E-state index is -4.45. The van der Waals surface area contributed by atoms with E-state index in [4.69, 9.17) is 11.6 Å².